The van der Waals surface area contributed by atoms with Gasteiger partial charge in [-0.1, -0.05) is 6.07 Å². The number of Topliss-reactive ketones (excluding diaryl/α,β-unsaturated/α-hetero) is 1. The molecule has 2 nitrogen and oxygen atoms in total. The third kappa shape index (κ3) is 2.23. The summed E-state index contributed by atoms with van der Waals surface area (Å²) in [7, 11) is 0. The molecule has 0 radical (unpaired) electrons. The van der Waals surface area contributed by atoms with E-state index < -0.39 is 0 Å². The molecule has 0 N–H and O–H groups in total. The summed E-state index contributed by atoms with van der Waals surface area (Å²) >= 11 is 0. The lowest BCUT2D eigenvalue weighted by atomic mass is 10.1. The molecule has 1 heterocycles. The molecule has 0 atom stereocenters. The SMILES string of the molecule is C#CC(=O)Cc1cccnc1. The zero-order valence-electron chi connectivity index (χ0n) is 5.95. The van der Waals surface area contributed by atoms with E-state index in [1.807, 2.05) is 12.0 Å². The number of carbonyl (C=O) groups excluding carboxylic acids is 1. The Morgan fingerprint density at radius 3 is 3.09 bits per heavy atom. The summed E-state index contributed by atoms with van der Waals surface area (Å²) in [5.41, 5.74) is 0.857. The molecule has 0 saturated carbocycles. The highest BCUT2D eigenvalue weighted by molar-refractivity contribution is 5.96. The van der Waals surface area contributed by atoms with Gasteiger partial charge in [0, 0.05) is 18.8 Å². The highest BCUT2D eigenvalue weighted by Gasteiger charge is 1.97. The van der Waals surface area contributed by atoms with Crippen LogP contribution in [-0.4, -0.2) is 10.8 Å². The molecule has 0 aliphatic carbocycles. The first-order valence-corrected chi connectivity index (χ1v) is 3.21. The predicted octanol–water partition coefficient (Wildman–Crippen LogP) is 0.826. The van der Waals surface area contributed by atoms with Gasteiger partial charge in [0.1, 0.15) is 0 Å². The lowest BCUT2D eigenvalue weighted by molar-refractivity contribution is -0.113. The van der Waals surface area contributed by atoms with Crippen LogP contribution in [0.2, 0.25) is 0 Å². The summed E-state index contributed by atoms with van der Waals surface area (Å²) in [4.78, 5) is 14.6. The van der Waals surface area contributed by atoms with Crippen LogP contribution >= 0.6 is 0 Å². The lowest BCUT2D eigenvalue weighted by Gasteiger charge is -1.92. The van der Waals surface area contributed by atoms with Gasteiger partial charge in [-0.15, -0.1) is 6.42 Å². The van der Waals surface area contributed by atoms with Crippen molar-refractivity contribution < 1.29 is 4.79 Å². The van der Waals surface area contributed by atoms with Gasteiger partial charge in [-0.3, -0.25) is 9.78 Å². The number of rotatable bonds is 2. The third-order valence-corrected chi connectivity index (χ3v) is 1.25. The Labute approximate surface area is 65.3 Å². The van der Waals surface area contributed by atoms with E-state index in [1.54, 1.807) is 18.5 Å². The van der Waals surface area contributed by atoms with Crippen LogP contribution in [0.1, 0.15) is 5.56 Å². The molecule has 0 saturated heterocycles. The number of carbonyl (C=O) groups is 1. The number of pyridine rings is 1. The predicted molar refractivity (Wildman–Crippen MR) is 41.8 cm³/mol. The first-order chi connectivity index (χ1) is 5.33. The van der Waals surface area contributed by atoms with Crippen molar-refractivity contribution in [3.63, 3.8) is 0 Å². The third-order valence-electron chi connectivity index (χ3n) is 1.25. The standard InChI is InChI=1S/C9H7NO/c1-2-9(11)6-8-4-3-5-10-7-8/h1,3-5,7H,6H2. The van der Waals surface area contributed by atoms with E-state index in [1.165, 1.54) is 0 Å². The average molecular weight is 145 g/mol. The largest absolute Gasteiger partial charge is 0.285 e. The Kier molecular flexibility index (Phi) is 2.40. The molecule has 11 heavy (non-hydrogen) atoms. The van der Waals surface area contributed by atoms with E-state index in [4.69, 9.17) is 6.42 Å². The average Bonchev–Trinajstić information content (AvgIpc) is 2.06. The van der Waals surface area contributed by atoms with Gasteiger partial charge >= 0.3 is 0 Å². The molecule has 0 fully saturated rings. The summed E-state index contributed by atoms with van der Waals surface area (Å²) in [5, 5.41) is 0. The monoisotopic (exact) mass is 145 g/mol. The van der Waals surface area contributed by atoms with E-state index in [-0.39, 0.29) is 12.2 Å². The van der Waals surface area contributed by atoms with E-state index >= 15 is 0 Å². The molecule has 0 aliphatic heterocycles. The lowest BCUT2D eigenvalue weighted by Crippen LogP contribution is -1.98. The Morgan fingerprint density at radius 1 is 1.73 bits per heavy atom. The zero-order valence-corrected chi connectivity index (χ0v) is 5.95. The minimum atomic E-state index is -0.210. The van der Waals surface area contributed by atoms with Gasteiger partial charge in [-0.2, -0.15) is 0 Å². The van der Waals surface area contributed by atoms with Crippen molar-refractivity contribution in [1.29, 1.82) is 0 Å². The first kappa shape index (κ1) is 7.49. The molecular formula is C9H7NO. The number of hydrogen-bond donors (Lipinski definition) is 0. The maximum Gasteiger partial charge on any atom is 0.209 e. The highest BCUT2D eigenvalue weighted by atomic mass is 16.1. The van der Waals surface area contributed by atoms with Crippen molar-refractivity contribution >= 4 is 5.78 Å². The molecule has 1 rings (SSSR count). The van der Waals surface area contributed by atoms with Gasteiger partial charge in [-0.05, 0) is 17.6 Å². The first-order valence-electron chi connectivity index (χ1n) is 3.21. The molecule has 0 bridgehead atoms. The van der Waals surface area contributed by atoms with E-state index in [0.29, 0.717) is 0 Å². The van der Waals surface area contributed by atoms with Crippen molar-refractivity contribution in [2.45, 2.75) is 6.42 Å². The second-order valence-electron chi connectivity index (χ2n) is 2.11. The molecule has 2 heteroatoms. The summed E-state index contributed by atoms with van der Waals surface area (Å²) in [6, 6.07) is 3.60. The zero-order chi connectivity index (χ0) is 8.10. The van der Waals surface area contributed by atoms with E-state index in [0.717, 1.165) is 5.56 Å². The fourth-order valence-electron chi connectivity index (χ4n) is 0.739. The maximum absolute atomic E-state index is 10.7. The topological polar surface area (TPSA) is 30.0 Å². The normalized spacial score (nSPS) is 8.64. The second kappa shape index (κ2) is 3.52. The van der Waals surface area contributed by atoms with Gasteiger partial charge in [0.05, 0.1) is 0 Å². The van der Waals surface area contributed by atoms with Crippen LogP contribution in [0, 0.1) is 12.3 Å². The molecule has 0 unspecified atom stereocenters. The number of nitrogens with zero attached hydrogens (tertiary/aromatic N) is 1. The van der Waals surface area contributed by atoms with Crippen molar-refractivity contribution in [3.05, 3.63) is 30.1 Å². The number of terminal acetylenes is 1. The van der Waals surface area contributed by atoms with Crippen LogP contribution < -0.4 is 0 Å². The molecule has 0 amide bonds. The van der Waals surface area contributed by atoms with Gasteiger partial charge in [-0.25, -0.2) is 0 Å². The van der Waals surface area contributed by atoms with Crippen LogP contribution in [0.3, 0.4) is 0 Å². The molecule has 0 aliphatic rings. The Morgan fingerprint density at radius 2 is 2.55 bits per heavy atom. The fourth-order valence-corrected chi connectivity index (χ4v) is 0.739. The quantitative estimate of drug-likeness (QED) is 0.455. The van der Waals surface area contributed by atoms with Crippen LogP contribution in [0.25, 0.3) is 0 Å². The molecule has 1 aromatic rings. The fraction of sp³-hybridized carbons (Fsp3) is 0.111. The van der Waals surface area contributed by atoms with E-state index in [2.05, 4.69) is 4.98 Å². The van der Waals surface area contributed by atoms with Crippen molar-refractivity contribution in [2.24, 2.45) is 0 Å². The van der Waals surface area contributed by atoms with Crippen molar-refractivity contribution in [1.82, 2.24) is 4.98 Å². The molecular weight excluding hydrogens is 138 g/mol. The number of ketones is 1. The van der Waals surface area contributed by atoms with Crippen LogP contribution in [-0.2, 0) is 11.2 Å². The van der Waals surface area contributed by atoms with Gasteiger partial charge < -0.3 is 0 Å². The summed E-state index contributed by atoms with van der Waals surface area (Å²) in [6.07, 6.45) is 8.47. The Balaban J connectivity index is 2.67. The van der Waals surface area contributed by atoms with Crippen LogP contribution in [0.15, 0.2) is 24.5 Å². The van der Waals surface area contributed by atoms with Gasteiger partial charge in [0.2, 0.25) is 5.78 Å². The number of aromatic nitrogens is 1. The summed E-state index contributed by atoms with van der Waals surface area (Å²) in [5.74, 6) is 1.84. The number of hydrogen-bond acceptors (Lipinski definition) is 2. The van der Waals surface area contributed by atoms with Gasteiger partial charge in [0.25, 0.3) is 0 Å². The minimum Gasteiger partial charge on any atom is -0.285 e. The van der Waals surface area contributed by atoms with Crippen LogP contribution in [0.4, 0.5) is 0 Å². The Hall–Kier alpha value is -1.62. The smallest absolute Gasteiger partial charge is 0.209 e. The highest BCUT2D eigenvalue weighted by Crippen LogP contribution is 1.96. The van der Waals surface area contributed by atoms with E-state index in [9.17, 15) is 4.79 Å². The summed E-state index contributed by atoms with van der Waals surface area (Å²) < 4.78 is 0. The summed E-state index contributed by atoms with van der Waals surface area (Å²) in [6.45, 7) is 0. The molecule has 0 aromatic carbocycles. The van der Waals surface area contributed by atoms with Gasteiger partial charge in [0.15, 0.2) is 0 Å². The molecule has 0 spiro atoms. The maximum atomic E-state index is 10.7. The second-order valence-corrected chi connectivity index (χ2v) is 2.11. The minimum absolute atomic E-state index is 0.210. The molecule has 1 aromatic heterocycles. The van der Waals surface area contributed by atoms with Crippen molar-refractivity contribution in [2.75, 3.05) is 0 Å². The van der Waals surface area contributed by atoms with Crippen molar-refractivity contribution in [3.8, 4) is 12.3 Å². The van der Waals surface area contributed by atoms with Crippen LogP contribution in [0.5, 0.6) is 0 Å². The Bertz CT molecular complexity index is 284. The molecule has 54 valence electrons.